The van der Waals surface area contributed by atoms with Crippen LogP contribution in [0.3, 0.4) is 0 Å². The van der Waals surface area contributed by atoms with Gasteiger partial charge >= 0.3 is 0 Å². The molecule has 0 heterocycles. The highest BCUT2D eigenvalue weighted by atomic mass is 32.2. The van der Waals surface area contributed by atoms with E-state index in [0.717, 1.165) is 16.3 Å². The molecule has 0 unspecified atom stereocenters. The van der Waals surface area contributed by atoms with Gasteiger partial charge in [-0.05, 0) is 48.5 Å². The fraction of sp³-hybridized carbons (Fsp3) is 0.278. The standard InChI is InChI=1S/C18H21NO4S/c1-13(20)19-14-3-9-18(10-4-14)24-12-15(21)11-23-17-7-5-16(22-2)6-8-17/h3-10,15,21H,11-12H2,1-2H3,(H,19,20)/t15-/m1/s1. The van der Waals surface area contributed by atoms with Crippen molar-refractivity contribution in [2.75, 3.05) is 24.8 Å². The number of carbonyl (C=O) groups is 1. The average molecular weight is 347 g/mol. The van der Waals surface area contributed by atoms with Gasteiger partial charge in [-0.25, -0.2) is 0 Å². The number of carbonyl (C=O) groups excluding carboxylic acids is 1. The van der Waals surface area contributed by atoms with Crippen LogP contribution in [0, 0.1) is 0 Å². The second-order valence-corrected chi connectivity index (χ2v) is 6.25. The molecule has 2 N–H and O–H groups in total. The Kier molecular flexibility index (Phi) is 6.96. The van der Waals surface area contributed by atoms with Crippen molar-refractivity contribution in [3.8, 4) is 11.5 Å². The molecule has 6 heteroatoms. The van der Waals surface area contributed by atoms with Crippen molar-refractivity contribution in [2.24, 2.45) is 0 Å². The Morgan fingerprint density at radius 1 is 1.12 bits per heavy atom. The molecule has 2 rings (SSSR count). The topological polar surface area (TPSA) is 67.8 Å². The monoisotopic (exact) mass is 347 g/mol. The second kappa shape index (κ2) is 9.20. The van der Waals surface area contributed by atoms with Crippen LogP contribution < -0.4 is 14.8 Å². The van der Waals surface area contributed by atoms with E-state index in [1.807, 2.05) is 36.4 Å². The Balaban J connectivity index is 1.73. The third-order valence-electron chi connectivity index (χ3n) is 3.12. The Morgan fingerprint density at radius 2 is 1.75 bits per heavy atom. The molecule has 1 amide bonds. The Labute approximate surface area is 146 Å². The smallest absolute Gasteiger partial charge is 0.221 e. The molecule has 0 saturated carbocycles. The van der Waals surface area contributed by atoms with Crippen LogP contribution in [-0.4, -0.2) is 36.6 Å². The van der Waals surface area contributed by atoms with E-state index in [9.17, 15) is 9.90 Å². The second-order valence-electron chi connectivity index (χ2n) is 5.16. The summed E-state index contributed by atoms with van der Waals surface area (Å²) in [6, 6.07) is 14.7. The van der Waals surface area contributed by atoms with Crippen LogP contribution in [0.25, 0.3) is 0 Å². The maximum Gasteiger partial charge on any atom is 0.221 e. The number of hydrogen-bond donors (Lipinski definition) is 2. The van der Waals surface area contributed by atoms with Gasteiger partial charge < -0.3 is 19.9 Å². The summed E-state index contributed by atoms with van der Waals surface area (Å²) in [6.45, 7) is 1.70. The predicted octanol–water partition coefficient (Wildman–Crippen LogP) is 3.19. The zero-order valence-corrected chi connectivity index (χ0v) is 14.5. The van der Waals surface area contributed by atoms with Crippen LogP contribution in [0.15, 0.2) is 53.4 Å². The van der Waals surface area contributed by atoms with E-state index in [0.29, 0.717) is 11.5 Å². The van der Waals surface area contributed by atoms with Crippen molar-refractivity contribution >= 4 is 23.4 Å². The van der Waals surface area contributed by atoms with Gasteiger partial charge in [-0.3, -0.25) is 4.79 Å². The number of ether oxygens (including phenoxy) is 2. The molecule has 2 aromatic carbocycles. The zero-order valence-electron chi connectivity index (χ0n) is 13.7. The molecule has 2 aromatic rings. The number of anilines is 1. The van der Waals surface area contributed by atoms with Gasteiger partial charge in [0, 0.05) is 23.3 Å². The summed E-state index contributed by atoms with van der Waals surface area (Å²) in [5.41, 5.74) is 0.759. The van der Waals surface area contributed by atoms with Crippen LogP contribution >= 0.6 is 11.8 Å². The zero-order chi connectivity index (χ0) is 17.4. The van der Waals surface area contributed by atoms with E-state index >= 15 is 0 Å². The third kappa shape index (κ3) is 6.14. The Hall–Kier alpha value is -2.18. The van der Waals surface area contributed by atoms with Crippen LogP contribution in [0.4, 0.5) is 5.69 Å². The first-order chi connectivity index (χ1) is 11.6. The lowest BCUT2D eigenvalue weighted by atomic mass is 10.3. The number of aliphatic hydroxyl groups is 1. The summed E-state index contributed by atoms with van der Waals surface area (Å²) in [6.07, 6.45) is -0.577. The maximum absolute atomic E-state index is 11.0. The number of thioether (sulfide) groups is 1. The third-order valence-corrected chi connectivity index (χ3v) is 4.28. The quantitative estimate of drug-likeness (QED) is 0.718. The van der Waals surface area contributed by atoms with Gasteiger partial charge in [0.2, 0.25) is 5.91 Å². The molecule has 0 saturated heterocycles. The number of nitrogens with one attached hydrogen (secondary N) is 1. The summed E-state index contributed by atoms with van der Waals surface area (Å²) in [7, 11) is 1.61. The molecule has 0 aliphatic rings. The number of amides is 1. The van der Waals surface area contributed by atoms with E-state index in [2.05, 4.69) is 5.32 Å². The lowest BCUT2D eigenvalue weighted by Crippen LogP contribution is -2.20. The Morgan fingerprint density at radius 3 is 2.33 bits per heavy atom. The van der Waals surface area contributed by atoms with Gasteiger partial charge in [0.15, 0.2) is 0 Å². The number of methoxy groups -OCH3 is 1. The Bertz CT molecular complexity index is 643. The van der Waals surface area contributed by atoms with Crippen LogP contribution in [0.2, 0.25) is 0 Å². The largest absolute Gasteiger partial charge is 0.497 e. The fourth-order valence-corrected chi connectivity index (χ4v) is 2.75. The van der Waals surface area contributed by atoms with Gasteiger partial charge in [-0.1, -0.05) is 0 Å². The molecule has 1 atom stereocenters. The average Bonchev–Trinajstić information content (AvgIpc) is 2.59. The molecular formula is C18H21NO4S. The van der Waals surface area contributed by atoms with Crippen molar-refractivity contribution in [1.82, 2.24) is 0 Å². The maximum atomic E-state index is 11.0. The van der Waals surface area contributed by atoms with Gasteiger partial charge in [-0.2, -0.15) is 0 Å². The molecule has 0 bridgehead atoms. The molecule has 0 radical (unpaired) electrons. The fourth-order valence-electron chi connectivity index (χ4n) is 1.94. The summed E-state index contributed by atoms with van der Waals surface area (Å²) in [5, 5.41) is 12.7. The van der Waals surface area contributed by atoms with Crippen molar-refractivity contribution in [3.05, 3.63) is 48.5 Å². The highest BCUT2D eigenvalue weighted by Gasteiger charge is 2.07. The van der Waals surface area contributed by atoms with Crippen molar-refractivity contribution in [1.29, 1.82) is 0 Å². The first kappa shape index (κ1) is 18.2. The number of rotatable bonds is 8. The SMILES string of the molecule is COc1ccc(OC[C@@H](O)CSc2ccc(NC(C)=O)cc2)cc1. The minimum absolute atomic E-state index is 0.0958. The number of aliphatic hydroxyl groups excluding tert-OH is 1. The lowest BCUT2D eigenvalue weighted by molar-refractivity contribution is -0.114. The van der Waals surface area contributed by atoms with Crippen molar-refractivity contribution in [3.63, 3.8) is 0 Å². The van der Waals surface area contributed by atoms with Crippen molar-refractivity contribution < 1.29 is 19.4 Å². The van der Waals surface area contributed by atoms with Crippen molar-refractivity contribution in [2.45, 2.75) is 17.9 Å². The van der Waals surface area contributed by atoms with E-state index < -0.39 is 6.10 Å². The van der Waals surface area contributed by atoms with Gasteiger partial charge in [0.05, 0.1) is 13.2 Å². The number of hydrogen-bond acceptors (Lipinski definition) is 5. The van der Waals surface area contributed by atoms with Gasteiger partial charge in [0.25, 0.3) is 0 Å². The summed E-state index contributed by atoms with van der Waals surface area (Å²) in [5.74, 6) is 1.89. The van der Waals surface area contributed by atoms with Crippen LogP contribution in [0.5, 0.6) is 11.5 Å². The molecular weight excluding hydrogens is 326 g/mol. The minimum Gasteiger partial charge on any atom is -0.497 e. The molecule has 0 fully saturated rings. The predicted molar refractivity (Wildman–Crippen MR) is 96.0 cm³/mol. The summed E-state index contributed by atoms with van der Waals surface area (Å²) < 4.78 is 10.6. The molecule has 0 aliphatic carbocycles. The molecule has 0 aliphatic heterocycles. The molecule has 0 spiro atoms. The van der Waals surface area contributed by atoms with Crippen LogP contribution in [0.1, 0.15) is 6.92 Å². The van der Waals surface area contributed by atoms with E-state index in [4.69, 9.17) is 9.47 Å². The van der Waals surface area contributed by atoms with E-state index in [-0.39, 0.29) is 12.5 Å². The number of benzene rings is 2. The highest BCUT2D eigenvalue weighted by Crippen LogP contribution is 2.22. The minimum atomic E-state index is -0.577. The van der Waals surface area contributed by atoms with E-state index in [1.54, 1.807) is 19.2 Å². The van der Waals surface area contributed by atoms with Crippen LogP contribution in [-0.2, 0) is 4.79 Å². The molecule has 5 nitrogen and oxygen atoms in total. The molecule has 128 valence electrons. The lowest BCUT2D eigenvalue weighted by Gasteiger charge is -2.12. The summed E-state index contributed by atoms with van der Waals surface area (Å²) >= 11 is 1.53. The normalized spacial score (nSPS) is 11.6. The van der Waals surface area contributed by atoms with Gasteiger partial charge in [-0.15, -0.1) is 11.8 Å². The first-order valence-electron chi connectivity index (χ1n) is 7.52. The first-order valence-corrected chi connectivity index (χ1v) is 8.51. The molecule has 0 aromatic heterocycles. The molecule has 24 heavy (non-hydrogen) atoms. The van der Waals surface area contributed by atoms with Gasteiger partial charge in [0.1, 0.15) is 18.1 Å². The summed E-state index contributed by atoms with van der Waals surface area (Å²) in [4.78, 5) is 12.0. The van der Waals surface area contributed by atoms with E-state index in [1.165, 1.54) is 18.7 Å². The highest BCUT2D eigenvalue weighted by molar-refractivity contribution is 7.99.